The van der Waals surface area contributed by atoms with Gasteiger partial charge in [-0.05, 0) is 31.4 Å². The summed E-state index contributed by atoms with van der Waals surface area (Å²) < 4.78 is 5.70. The van der Waals surface area contributed by atoms with E-state index < -0.39 is 0 Å². The van der Waals surface area contributed by atoms with Gasteiger partial charge in [0.1, 0.15) is 6.07 Å². The van der Waals surface area contributed by atoms with E-state index in [2.05, 4.69) is 55.2 Å². The number of aromatic amines is 1. The lowest BCUT2D eigenvalue weighted by Crippen LogP contribution is -2.23. The number of thiophene rings is 1. The molecule has 0 spiro atoms. The first-order valence-electron chi connectivity index (χ1n) is 8.79. The van der Waals surface area contributed by atoms with Gasteiger partial charge in [0.15, 0.2) is 0 Å². The Hall–Kier alpha value is -3.04. The number of hydrogen-bond acceptors (Lipinski definition) is 5. The van der Waals surface area contributed by atoms with Gasteiger partial charge in [0.25, 0.3) is 0 Å². The molecule has 6 heteroatoms. The van der Waals surface area contributed by atoms with Gasteiger partial charge in [-0.3, -0.25) is 5.10 Å². The molecular formula is C21H20N4OS. The molecule has 136 valence electrons. The lowest BCUT2D eigenvalue weighted by atomic mass is 9.76. The van der Waals surface area contributed by atoms with Crippen LogP contribution >= 0.6 is 11.3 Å². The van der Waals surface area contributed by atoms with E-state index in [0.29, 0.717) is 11.5 Å². The van der Waals surface area contributed by atoms with Gasteiger partial charge in [-0.15, -0.1) is 16.4 Å². The Morgan fingerprint density at radius 1 is 1.30 bits per heavy atom. The Morgan fingerprint density at radius 2 is 2.04 bits per heavy atom. The van der Waals surface area contributed by atoms with E-state index in [-0.39, 0.29) is 17.7 Å². The quantitative estimate of drug-likeness (QED) is 0.692. The van der Waals surface area contributed by atoms with Gasteiger partial charge in [0, 0.05) is 21.2 Å². The van der Waals surface area contributed by atoms with Crippen molar-refractivity contribution in [3.63, 3.8) is 0 Å². The van der Waals surface area contributed by atoms with E-state index in [1.54, 1.807) is 11.3 Å². The molecule has 27 heavy (non-hydrogen) atoms. The number of H-pyrrole nitrogens is 1. The minimum absolute atomic E-state index is 0.0402. The second-order valence-corrected chi connectivity index (χ2v) is 8.27. The molecular weight excluding hydrogens is 356 g/mol. The van der Waals surface area contributed by atoms with E-state index in [1.807, 2.05) is 18.2 Å². The topological polar surface area (TPSA) is 87.7 Å². The normalized spacial score (nSPS) is 17.2. The molecule has 2 aromatic heterocycles. The number of nitrogens with one attached hydrogen (secondary N) is 1. The fraction of sp³-hybridized carbons (Fsp3) is 0.238. The van der Waals surface area contributed by atoms with E-state index in [4.69, 9.17) is 10.5 Å². The van der Waals surface area contributed by atoms with Gasteiger partial charge in [0.2, 0.25) is 11.8 Å². The second kappa shape index (κ2) is 6.60. The number of aryl methyl sites for hydroxylation is 2. The number of rotatable bonds is 3. The molecule has 1 aliphatic heterocycles. The first-order valence-corrected chi connectivity index (χ1v) is 9.61. The van der Waals surface area contributed by atoms with Crippen LogP contribution in [-0.2, 0) is 0 Å². The molecule has 0 aliphatic carbocycles. The summed E-state index contributed by atoms with van der Waals surface area (Å²) in [6.07, 6.45) is 0. The third-order valence-electron chi connectivity index (χ3n) is 5.12. The second-order valence-electron chi connectivity index (χ2n) is 6.81. The number of nitrogens with two attached hydrogens (primary N) is 1. The van der Waals surface area contributed by atoms with Crippen LogP contribution in [0, 0.1) is 25.2 Å². The predicted octanol–water partition coefficient (Wildman–Crippen LogP) is 4.73. The number of benzene rings is 1. The highest BCUT2D eigenvalue weighted by molar-refractivity contribution is 7.12. The summed E-state index contributed by atoms with van der Waals surface area (Å²) in [4.78, 5) is 2.43. The first-order chi connectivity index (χ1) is 13.0. The zero-order valence-electron chi connectivity index (χ0n) is 15.4. The number of nitriles is 1. The Kier molecular flexibility index (Phi) is 4.25. The van der Waals surface area contributed by atoms with Crippen molar-refractivity contribution in [2.75, 3.05) is 0 Å². The number of allylic oxidation sites excluding steroid dienone is 1. The van der Waals surface area contributed by atoms with Crippen LogP contribution in [0.5, 0.6) is 5.88 Å². The summed E-state index contributed by atoms with van der Waals surface area (Å²) in [6.45, 7) is 6.29. The maximum absolute atomic E-state index is 9.81. The molecule has 1 aromatic carbocycles. The Labute approximate surface area is 162 Å². The molecule has 0 bridgehead atoms. The van der Waals surface area contributed by atoms with Crippen molar-refractivity contribution in [1.29, 1.82) is 5.26 Å². The molecule has 0 amide bonds. The average molecular weight is 376 g/mol. The zero-order chi connectivity index (χ0) is 19.1. The SMILES string of the molecule is Cc1cc(-c2[nH]nc3c2[C@@H]([C@@H](C)c2ccccc2)C(C#N)=C(N)O3)c(C)s1. The lowest BCUT2D eigenvalue weighted by molar-refractivity contribution is 0.368. The summed E-state index contributed by atoms with van der Waals surface area (Å²) in [5, 5.41) is 17.3. The Morgan fingerprint density at radius 3 is 2.67 bits per heavy atom. The highest BCUT2D eigenvalue weighted by Gasteiger charge is 2.38. The molecule has 0 unspecified atom stereocenters. The van der Waals surface area contributed by atoms with Crippen LogP contribution < -0.4 is 10.5 Å². The van der Waals surface area contributed by atoms with Crippen molar-refractivity contribution in [1.82, 2.24) is 10.2 Å². The number of fused-ring (bicyclic) bond motifs is 1. The fourth-order valence-electron chi connectivity index (χ4n) is 3.82. The molecule has 0 fully saturated rings. The third kappa shape index (κ3) is 2.81. The minimum Gasteiger partial charge on any atom is -0.420 e. The summed E-state index contributed by atoms with van der Waals surface area (Å²) >= 11 is 1.74. The van der Waals surface area contributed by atoms with Gasteiger partial charge in [0.05, 0.1) is 16.8 Å². The van der Waals surface area contributed by atoms with E-state index >= 15 is 0 Å². The number of ether oxygens (including phenoxy) is 1. The van der Waals surface area contributed by atoms with Crippen molar-refractivity contribution >= 4 is 11.3 Å². The van der Waals surface area contributed by atoms with Crippen LogP contribution in [0.25, 0.3) is 11.3 Å². The molecule has 0 saturated heterocycles. The summed E-state index contributed by atoms with van der Waals surface area (Å²) in [6, 6.07) is 14.6. The standard InChI is InChI=1S/C21H20N4OS/c1-11-9-15(13(3)27-11)19-18-17(12(2)14-7-5-4-6-8-14)16(10-22)20(23)26-21(18)25-24-19/h4-9,12,17H,23H2,1-3H3,(H,24,25)/t12-,17-/m0/s1. The Balaban J connectivity index is 1.92. The number of nitrogens with zero attached hydrogens (tertiary/aromatic N) is 2. The van der Waals surface area contributed by atoms with Crippen LogP contribution in [0.2, 0.25) is 0 Å². The molecule has 2 atom stereocenters. The molecule has 4 rings (SSSR count). The van der Waals surface area contributed by atoms with Crippen molar-refractivity contribution in [2.45, 2.75) is 32.6 Å². The largest absolute Gasteiger partial charge is 0.420 e. The van der Waals surface area contributed by atoms with Crippen molar-refractivity contribution in [2.24, 2.45) is 5.73 Å². The highest BCUT2D eigenvalue weighted by Crippen LogP contribution is 2.49. The van der Waals surface area contributed by atoms with Crippen LogP contribution in [0.1, 0.15) is 39.6 Å². The van der Waals surface area contributed by atoms with Gasteiger partial charge in [-0.1, -0.05) is 37.3 Å². The van der Waals surface area contributed by atoms with Gasteiger partial charge in [-0.25, -0.2) is 0 Å². The summed E-state index contributed by atoms with van der Waals surface area (Å²) in [5.74, 6) is 0.402. The molecule has 3 N–H and O–H groups in total. The maximum atomic E-state index is 9.81. The van der Waals surface area contributed by atoms with E-state index in [9.17, 15) is 5.26 Å². The zero-order valence-corrected chi connectivity index (χ0v) is 16.2. The third-order valence-corrected chi connectivity index (χ3v) is 6.09. The molecule has 3 heterocycles. The minimum atomic E-state index is -0.227. The number of hydrogen-bond donors (Lipinski definition) is 2. The summed E-state index contributed by atoms with van der Waals surface area (Å²) in [7, 11) is 0. The highest BCUT2D eigenvalue weighted by atomic mass is 32.1. The fourth-order valence-corrected chi connectivity index (χ4v) is 4.75. The molecule has 5 nitrogen and oxygen atoms in total. The first kappa shape index (κ1) is 17.4. The molecule has 0 radical (unpaired) electrons. The van der Waals surface area contributed by atoms with Crippen molar-refractivity contribution in [3.8, 4) is 23.2 Å². The van der Waals surface area contributed by atoms with Crippen molar-refractivity contribution in [3.05, 3.63) is 68.7 Å². The molecule has 3 aromatic rings. The van der Waals surface area contributed by atoms with Gasteiger partial charge in [-0.2, -0.15) is 5.26 Å². The van der Waals surface area contributed by atoms with Gasteiger partial charge < -0.3 is 10.5 Å². The van der Waals surface area contributed by atoms with E-state index in [1.165, 1.54) is 9.75 Å². The van der Waals surface area contributed by atoms with Crippen LogP contribution in [-0.4, -0.2) is 10.2 Å². The summed E-state index contributed by atoms with van der Waals surface area (Å²) in [5.41, 5.74) is 10.6. The lowest BCUT2D eigenvalue weighted by Gasteiger charge is -2.28. The van der Waals surface area contributed by atoms with Crippen molar-refractivity contribution < 1.29 is 4.74 Å². The smallest absolute Gasteiger partial charge is 0.244 e. The molecule has 0 saturated carbocycles. The Bertz CT molecular complexity index is 1070. The monoisotopic (exact) mass is 376 g/mol. The number of aromatic nitrogens is 2. The van der Waals surface area contributed by atoms with Crippen LogP contribution in [0.4, 0.5) is 0 Å². The molecule has 1 aliphatic rings. The van der Waals surface area contributed by atoms with Crippen LogP contribution in [0.3, 0.4) is 0 Å². The average Bonchev–Trinajstić information content (AvgIpc) is 3.22. The van der Waals surface area contributed by atoms with Crippen LogP contribution in [0.15, 0.2) is 47.9 Å². The predicted molar refractivity (Wildman–Crippen MR) is 106 cm³/mol. The maximum Gasteiger partial charge on any atom is 0.244 e. The van der Waals surface area contributed by atoms with Gasteiger partial charge >= 0.3 is 0 Å². The van der Waals surface area contributed by atoms with E-state index in [0.717, 1.165) is 22.4 Å².